The van der Waals surface area contributed by atoms with Crippen molar-refractivity contribution in [3.8, 4) is 0 Å². The van der Waals surface area contributed by atoms with Crippen molar-refractivity contribution in [1.29, 1.82) is 0 Å². The molecule has 2 saturated heterocycles. The van der Waals surface area contributed by atoms with Crippen LogP contribution in [0.4, 0.5) is 10.7 Å². The predicted molar refractivity (Wildman–Crippen MR) is 127 cm³/mol. The molecule has 5 rings (SSSR count). The Morgan fingerprint density at radius 3 is 2.65 bits per heavy atom. The molecule has 0 spiro atoms. The molecule has 0 aliphatic carbocycles. The fourth-order valence-electron chi connectivity index (χ4n) is 5.07. The summed E-state index contributed by atoms with van der Waals surface area (Å²) in [5.74, 6) is 1.02. The van der Waals surface area contributed by atoms with Crippen LogP contribution in [0.15, 0.2) is 29.4 Å². The normalized spacial score (nSPS) is 20.6. The molecule has 0 bridgehead atoms. The predicted octanol–water partition coefficient (Wildman–Crippen LogP) is 2.10. The lowest BCUT2D eigenvalue weighted by atomic mass is 10.0. The van der Waals surface area contributed by atoms with Crippen LogP contribution in [0.3, 0.4) is 0 Å². The fraction of sp³-hybridized carbons (Fsp3) is 0.520. The Hall–Kier alpha value is -3.04. The van der Waals surface area contributed by atoms with Crippen LogP contribution in [0.5, 0.6) is 0 Å². The number of amidine groups is 1. The minimum atomic E-state index is -0.609. The molecule has 3 aliphatic rings. The van der Waals surface area contributed by atoms with Gasteiger partial charge in [0.25, 0.3) is 5.91 Å². The van der Waals surface area contributed by atoms with Gasteiger partial charge in [0.05, 0.1) is 26.3 Å². The maximum atomic E-state index is 13.6. The molecule has 3 amide bonds. The largest absolute Gasteiger partial charge is 0.401 e. The number of morpholine rings is 1. The van der Waals surface area contributed by atoms with Crippen LogP contribution in [0.1, 0.15) is 34.8 Å². The number of imidazole rings is 1. The number of fused-ring (bicyclic) bond motifs is 3. The number of imide groups is 1. The number of ether oxygens (including phenoxy) is 1. The van der Waals surface area contributed by atoms with Crippen molar-refractivity contribution >= 4 is 23.7 Å². The molecule has 9 heteroatoms. The first-order chi connectivity index (χ1) is 16.3. The zero-order valence-corrected chi connectivity index (χ0v) is 20.5. The van der Waals surface area contributed by atoms with Gasteiger partial charge in [-0.1, -0.05) is 28.8 Å². The van der Waals surface area contributed by atoms with Crippen LogP contribution in [0, 0.1) is 20.8 Å². The number of likely N-dealkylation sites (N-methyl/N-ethyl adjacent to an activating group) is 1. The number of aliphatic imine (C=N–C) groups is 1. The van der Waals surface area contributed by atoms with E-state index in [0.717, 1.165) is 74.1 Å². The second kappa shape index (κ2) is 8.96. The minimum absolute atomic E-state index is 0.225. The van der Waals surface area contributed by atoms with Gasteiger partial charge in [0.1, 0.15) is 11.9 Å². The van der Waals surface area contributed by atoms with Crippen LogP contribution in [-0.4, -0.2) is 76.9 Å². The van der Waals surface area contributed by atoms with E-state index in [0.29, 0.717) is 5.84 Å². The third-order valence-electron chi connectivity index (χ3n) is 7.12. The van der Waals surface area contributed by atoms with Gasteiger partial charge >= 0.3 is 12.0 Å². The second-order valence-corrected chi connectivity index (χ2v) is 9.51. The van der Waals surface area contributed by atoms with E-state index in [2.05, 4.69) is 9.47 Å². The summed E-state index contributed by atoms with van der Waals surface area (Å²) >= 11 is 0. The molecular weight excluding hydrogens is 432 g/mol. The van der Waals surface area contributed by atoms with Crippen molar-refractivity contribution in [2.75, 3.05) is 39.9 Å². The quantitative estimate of drug-likeness (QED) is 0.613. The molecule has 0 saturated carbocycles. The van der Waals surface area contributed by atoms with E-state index in [-0.39, 0.29) is 18.5 Å². The van der Waals surface area contributed by atoms with Gasteiger partial charge < -0.3 is 4.74 Å². The first-order valence-corrected chi connectivity index (χ1v) is 12.0. The van der Waals surface area contributed by atoms with E-state index in [1.807, 2.05) is 49.7 Å². The zero-order valence-electron chi connectivity index (χ0n) is 20.5. The van der Waals surface area contributed by atoms with E-state index in [1.165, 1.54) is 9.80 Å². The van der Waals surface area contributed by atoms with Crippen LogP contribution in [0.2, 0.25) is 0 Å². The lowest BCUT2D eigenvalue weighted by Gasteiger charge is -2.33. The molecule has 1 unspecified atom stereocenters. The Morgan fingerprint density at radius 2 is 1.88 bits per heavy atom. The average molecular weight is 466 g/mol. The van der Waals surface area contributed by atoms with Crippen molar-refractivity contribution in [2.45, 2.75) is 46.3 Å². The van der Waals surface area contributed by atoms with Gasteiger partial charge in [-0.2, -0.15) is 0 Å². The van der Waals surface area contributed by atoms with Gasteiger partial charge in [-0.05, 0) is 38.3 Å². The van der Waals surface area contributed by atoms with E-state index in [4.69, 9.17) is 9.73 Å². The zero-order chi connectivity index (χ0) is 24.0. The molecule has 2 aromatic rings. The summed E-state index contributed by atoms with van der Waals surface area (Å²) in [5, 5.41) is 0. The number of hydrogen-bond acceptors (Lipinski definition) is 5. The third-order valence-corrected chi connectivity index (χ3v) is 7.12. The molecule has 1 atom stereocenters. The number of carbonyl (C=O) groups excluding carboxylic acids is 2. The Kier molecular flexibility index (Phi) is 5.99. The second-order valence-electron chi connectivity index (χ2n) is 9.51. The minimum Gasteiger partial charge on any atom is -0.379 e. The van der Waals surface area contributed by atoms with Crippen molar-refractivity contribution in [3.63, 3.8) is 0 Å². The third kappa shape index (κ3) is 3.92. The van der Waals surface area contributed by atoms with E-state index >= 15 is 0 Å². The molecule has 3 aliphatic heterocycles. The molecule has 180 valence electrons. The molecule has 1 aromatic heterocycles. The summed E-state index contributed by atoms with van der Waals surface area (Å²) in [4.78, 5) is 36.9. The average Bonchev–Trinajstić information content (AvgIpc) is 3.33. The monoisotopic (exact) mass is 465 g/mol. The van der Waals surface area contributed by atoms with Crippen molar-refractivity contribution in [1.82, 2.24) is 19.3 Å². The highest BCUT2D eigenvalue weighted by atomic mass is 16.5. The smallest absolute Gasteiger partial charge is 0.379 e. The Labute approximate surface area is 200 Å². The molecule has 2 fully saturated rings. The van der Waals surface area contributed by atoms with Crippen LogP contribution < -0.4 is 4.57 Å². The maximum absolute atomic E-state index is 13.6. The van der Waals surface area contributed by atoms with Crippen molar-refractivity contribution in [3.05, 3.63) is 46.8 Å². The number of aryl methyl sites for hydroxylation is 3. The van der Waals surface area contributed by atoms with Crippen LogP contribution in [0.25, 0.3) is 0 Å². The van der Waals surface area contributed by atoms with Gasteiger partial charge in [-0.25, -0.2) is 13.9 Å². The van der Waals surface area contributed by atoms with E-state index < -0.39 is 6.04 Å². The lowest BCUT2D eigenvalue weighted by molar-refractivity contribution is -0.677. The van der Waals surface area contributed by atoms with Crippen molar-refractivity contribution < 1.29 is 18.9 Å². The summed E-state index contributed by atoms with van der Waals surface area (Å²) in [6.07, 6.45) is 2.97. The number of amides is 3. The van der Waals surface area contributed by atoms with E-state index in [9.17, 15) is 9.59 Å². The first-order valence-electron chi connectivity index (χ1n) is 12.0. The summed E-state index contributed by atoms with van der Waals surface area (Å²) in [5.41, 5.74) is 4.22. The van der Waals surface area contributed by atoms with Gasteiger partial charge in [0, 0.05) is 26.7 Å². The number of urea groups is 1. The molecule has 34 heavy (non-hydrogen) atoms. The van der Waals surface area contributed by atoms with Crippen LogP contribution >= 0.6 is 0 Å². The molecule has 0 N–H and O–H groups in total. The number of hydrogen-bond donors (Lipinski definition) is 0. The lowest BCUT2D eigenvalue weighted by Crippen LogP contribution is -2.62. The van der Waals surface area contributed by atoms with Gasteiger partial charge in [0.15, 0.2) is 0 Å². The number of rotatable bonds is 6. The van der Waals surface area contributed by atoms with E-state index in [1.54, 1.807) is 7.05 Å². The van der Waals surface area contributed by atoms with Gasteiger partial charge in [0.2, 0.25) is 11.9 Å². The number of aromatic nitrogens is 2. The summed E-state index contributed by atoms with van der Waals surface area (Å²) < 4.78 is 9.53. The van der Waals surface area contributed by atoms with Crippen molar-refractivity contribution in [2.24, 2.45) is 4.99 Å². The summed E-state index contributed by atoms with van der Waals surface area (Å²) in [6, 6.07) is 5.17. The topological polar surface area (TPSA) is 74.3 Å². The Balaban J connectivity index is 1.38. The SMILES string of the molecule is Cc1ccc(C)c(CN2C(=O)C3C(=Nc4n(CCCN5CCOCC5)c(C)c[n+]43)N(C)C2=O)c1. The fourth-order valence-corrected chi connectivity index (χ4v) is 5.07. The molecular formula is C25H33N6O3+. The molecule has 4 heterocycles. The number of benzene rings is 1. The number of carbonyl (C=O) groups is 2. The van der Waals surface area contributed by atoms with Crippen LogP contribution in [-0.2, 0) is 22.6 Å². The summed E-state index contributed by atoms with van der Waals surface area (Å²) in [7, 11) is 1.71. The highest BCUT2D eigenvalue weighted by Gasteiger charge is 2.53. The van der Waals surface area contributed by atoms with Gasteiger partial charge in [-0.15, -0.1) is 0 Å². The molecule has 1 aromatic carbocycles. The highest BCUT2D eigenvalue weighted by molar-refractivity contribution is 6.19. The Morgan fingerprint density at radius 1 is 1.12 bits per heavy atom. The van der Waals surface area contributed by atoms with Gasteiger partial charge in [-0.3, -0.25) is 19.5 Å². The Bertz CT molecular complexity index is 1160. The summed E-state index contributed by atoms with van der Waals surface area (Å²) in [6.45, 7) is 11.7. The first kappa shape index (κ1) is 22.7. The molecule has 9 nitrogen and oxygen atoms in total. The molecule has 0 radical (unpaired) electrons. The maximum Gasteiger partial charge on any atom is 0.401 e. The highest BCUT2D eigenvalue weighted by Crippen LogP contribution is 2.30. The number of nitrogens with zero attached hydrogens (tertiary/aromatic N) is 6. The standard InChI is InChI=1S/C25H33N6O3/c1-17-6-7-18(2)20(14-17)16-31-23(32)21-22(27(4)25(31)33)26-24-29(19(3)15-30(21)24)9-5-8-28-10-12-34-13-11-28/h6-7,14-15,21H,5,8-13,16H2,1-4H3/q+1.